The molecule has 0 saturated heterocycles. The maximum absolute atomic E-state index is 14.9. The number of rotatable bonds is 9. The molecule has 0 amide bonds. The van der Waals surface area contributed by atoms with Crippen LogP contribution in [0.25, 0.3) is 22.4 Å². The summed E-state index contributed by atoms with van der Waals surface area (Å²) in [4.78, 5) is 25.6. The van der Waals surface area contributed by atoms with Crippen molar-refractivity contribution < 1.29 is 23.0 Å². The summed E-state index contributed by atoms with van der Waals surface area (Å²) >= 11 is 0. The molecule has 4 heterocycles. The average Bonchev–Trinajstić information content (AvgIpc) is 3.38. The largest absolute Gasteiger partial charge is 0.494 e. The van der Waals surface area contributed by atoms with Crippen molar-refractivity contribution in [2.24, 2.45) is 0 Å². The van der Waals surface area contributed by atoms with E-state index in [0.29, 0.717) is 37.0 Å². The van der Waals surface area contributed by atoms with Crippen LogP contribution in [0.4, 0.5) is 20.3 Å². The van der Waals surface area contributed by atoms with Gasteiger partial charge >= 0.3 is 0 Å². The third-order valence-electron chi connectivity index (χ3n) is 7.13. The Hall–Kier alpha value is -4.97. The Balaban J connectivity index is 0.000000609. The molecule has 1 aliphatic rings. The number of benzene rings is 2. The number of halogens is 2. The molecule has 1 N–H and O–H groups in total. The van der Waals surface area contributed by atoms with Crippen molar-refractivity contribution in [1.29, 1.82) is 0 Å². The Morgan fingerprint density at radius 3 is 2.47 bits per heavy atom. The lowest BCUT2D eigenvalue weighted by Crippen LogP contribution is -2.28. The van der Waals surface area contributed by atoms with Gasteiger partial charge in [0.25, 0.3) is 6.47 Å². The zero-order valence-corrected chi connectivity index (χ0v) is 25.6. The van der Waals surface area contributed by atoms with E-state index < -0.39 is 11.6 Å². The van der Waals surface area contributed by atoms with Crippen LogP contribution in [-0.4, -0.2) is 62.4 Å². The molecule has 1 aliphatic heterocycles. The zero-order chi connectivity index (χ0) is 31.9. The average molecular weight is 616 g/mol. The summed E-state index contributed by atoms with van der Waals surface area (Å²) in [7, 11) is 2.07. The highest BCUT2D eigenvalue weighted by Gasteiger charge is 2.24. The van der Waals surface area contributed by atoms with Crippen molar-refractivity contribution in [3.63, 3.8) is 0 Å². The van der Waals surface area contributed by atoms with E-state index in [0.717, 1.165) is 40.8 Å². The van der Waals surface area contributed by atoms with E-state index in [9.17, 15) is 13.6 Å². The predicted molar refractivity (Wildman–Crippen MR) is 167 cm³/mol. The van der Waals surface area contributed by atoms with E-state index in [4.69, 9.17) is 19.8 Å². The summed E-state index contributed by atoms with van der Waals surface area (Å²) in [6, 6.07) is 13.7. The number of anilines is 2. The molecule has 0 atom stereocenters. The van der Waals surface area contributed by atoms with Crippen molar-refractivity contribution in [1.82, 2.24) is 29.6 Å². The highest BCUT2D eigenvalue weighted by Crippen LogP contribution is 2.32. The lowest BCUT2D eigenvalue weighted by Gasteiger charge is -2.26. The fraction of sp³-hybridized carbons (Fsp3) is 0.303. The lowest BCUT2D eigenvalue weighted by atomic mass is 10.1. The van der Waals surface area contributed by atoms with Gasteiger partial charge < -0.3 is 19.7 Å². The third-order valence-corrected chi connectivity index (χ3v) is 7.13. The standard InChI is InChI=1S/C29H27F2N7O.C4H8O2/c1-3-39-19-14-23(30)21(24(31)15-19)17-38-26-7-5-4-6-20(26)27(36-38)29-34-25-10-13-37(2)16-22(25)28(35-29)33-18-8-11-32-12-9-18;1-4(2)6-3-5/h4-9,11-12,14-15H,3,10,13,16-17H2,1-2H3,(H,32,33,34,35);3-4H,1-2H3. The zero-order valence-electron chi connectivity index (χ0n) is 25.6. The number of pyridine rings is 1. The predicted octanol–water partition coefficient (Wildman–Crippen LogP) is 5.91. The summed E-state index contributed by atoms with van der Waals surface area (Å²) in [5.41, 5.74) is 4.04. The highest BCUT2D eigenvalue weighted by molar-refractivity contribution is 5.92. The minimum atomic E-state index is -0.683. The summed E-state index contributed by atoms with van der Waals surface area (Å²) in [5, 5.41) is 9.01. The van der Waals surface area contributed by atoms with E-state index >= 15 is 0 Å². The van der Waals surface area contributed by atoms with Gasteiger partial charge in [-0.3, -0.25) is 14.5 Å². The molecule has 3 aromatic heterocycles. The molecule has 2 aromatic carbocycles. The van der Waals surface area contributed by atoms with Gasteiger partial charge in [0.05, 0.1) is 30.5 Å². The van der Waals surface area contributed by atoms with Crippen molar-refractivity contribution in [2.75, 3.05) is 25.5 Å². The molecule has 0 spiro atoms. The van der Waals surface area contributed by atoms with E-state index in [1.807, 2.05) is 36.4 Å². The Bertz CT molecular complexity index is 1760. The second kappa shape index (κ2) is 14.2. The molecule has 12 heteroatoms. The first kappa shape index (κ1) is 31.5. The van der Waals surface area contributed by atoms with Crippen molar-refractivity contribution in [2.45, 2.75) is 46.4 Å². The molecule has 6 rings (SSSR count). The number of hydrogen-bond donors (Lipinski definition) is 1. The Morgan fingerprint density at radius 2 is 1.80 bits per heavy atom. The van der Waals surface area contributed by atoms with E-state index in [1.165, 1.54) is 12.1 Å². The first-order valence-electron chi connectivity index (χ1n) is 14.7. The maximum atomic E-state index is 14.9. The molecule has 10 nitrogen and oxygen atoms in total. The molecule has 5 aromatic rings. The van der Waals surface area contributed by atoms with Gasteiger partial charge in [-0.15, -0.1) is 0 Å². The Kier molecular flexibility index (Phi) is 9.93. The number of carbonyl (C=O) groups excluding carboxylic acids is 1. The van der Waals surface area contributed by atoms with Gasteiger partial charge in [0.2, 0.25) is 0 Å². The van der Waals surface area contributed by atoms with Crippen LogP contribution >= 0.6 is 0 Å². The summed E-state index contributed by atoms with van der Waals surface area (Å²) < 4.78 is 41.1. The summed E-state index contributed by atoms with van der Waals surface area (Å²) in [6.07, 6.45) is 4.24. The van der Waals surface area contributed by atoms with Crippen molar-refractivity contribution in [3.05, 3.63) is 89.4 Å². The number of carbonyl (C=O) groups is 1. The topological polar surface area (TPSA) is 107 Å². The van der Waals surface area contributed by atoms with Crippen LogP contribution in [-0.2, 0) is 29.0 Å². The number of para-hydroxylation sites is 1. The third kappa shape index (κ3) is 7.40. The van der Waals surface area contributed by atoms with Crippen LogP contribution in [0.1, 0.15) is 37.6 Å². The minimum absolute atomic E-state index is 0.0301. The van der Waals surface area contributed by atoms with E-state index in [1.54, 1.807) is 37.8 Å². The van der Waals surface area contributed by atoms with Crippen LogP contribution < -0.4 is 10.1 Å². The van der Waals surface area contributed by atoms with Crippen LogP contribution in [0.15, 0.2) is 60.9 Å². The highest BCUT2D eigenvalue weighted by atomic mass is 19.1. The van der Waals surface area contributed by atoms with Gasteiger partial charge in [0.15, 0.2) is 5.82 Å². The number of hydrogen-bond acceptors (Lipinski definition) is 9. The quantitative estimate of drug-likeness (QED) is 0.203. The SMILES string of the molecule is CC(C)OC=O.CCOc1cc(F)c(Cn2nc(-c3nc4c(c(Nc5ccncc5)n3)CN(C)CC4)c3ccccc32)c(F)c1. The van der Waals surface area contributed by atoms with Gasteiger partial charge in [-0.2, -0.15) is 5.10 Å². The van der Waals surface area contributed by atoms with Crippen LogP contribution in [0, 0.1) is 11.6 Å². The van der Waals surface area contributed by atoms with Crippen LogP contribution in [0.5, 0.6) is 5.75 Å². The maximum Gasteiger partial charge on any atom is 0.293 e. The fourth-order valence-corrected chi connectivity index (χ4v) is 4.99. The fourth-order valence-electron chi connectivity index (χ4n) is 4.99. The molecular formula is C33H35F2N7O3. The molecule has 0 fully saturated rings. The smallest absolute Gasteiger partial charge is 0.293 e. The lowest BCUT2D eigenvalue weighted by molar-refractivity contribution is -0.131. The van der Waals surface area contributed by atoms with Gasteiger partial charge in [0.1, 0.15) is 28.9 Å². The Labute approximate surface area is 260 Å². The summed E-state index contributed by atoms with van der Waals surface area (Å²) in [5.74, 6) is -0.0489. The minimum Gasteiger partial charge on any atom is -0.494 e. The number of nitrogens with one attached hydrogen (secondary N) is 1. The first-order valence-corrected chi connectivity index (χ1v) is 14.7. The molecular weight excluding hydrogens is 580 g/mol. The van der Waals surface area contributed by atoms with E-state index in [-0.39, 0.29) is 24.0 Å². The number of nitrogens with zero attached hydrogens (tertiary/aromatic N) is 6. The van der Waals surface area contributed by atoms with Crippen LogP contribution in [0.3, 0.4) is 0 Å². The molecule has 0 bridgehead atoms. The number of aromatic nitrogens is 5. The summed E-state index contributed by atoms with van der Waals surface area (Å²) in [6.45, 7) is 7.63. The monoisotopic (exact) mass is 615 g/mol. The van der Waals surface area contributed by atoms with Gasteiger partial charge in [-0.05, 0) is 46.0 Å². The second-order valence-electron chi connectivity index (χ2n) is 10.8. The Morgan fingerprint density at radius 1 is 1.07 bits per heavy atom. The molecule has 45 heavy (non-hydrogen) atoms. The van der Waals surface area contributed by atoms with Crippen molar-refractivity contribution in [3.8, 4) is 17.3 Å². The number of likely N-dealkylation sites (N-methyl/N-ethyl adjacent to an activating group) is 1. The molecule has 0 aliphatic carbocycles. The second-order valence-corrected chi connectivity index (χ2v) is 10.8. The van der Waals surface area contributed by atoms with Crippen molar-refractivity contribution >= 4 is 28.9 Å². The molecule has 0 unspecified atom stereocenters. The number of fused-ring (bicyclic) bond motifs is 2. The first-order chi connectivity index (χ1) is 21.8. The normalized spacial score (nSPS) is 12.8. The molecule has 234 valence electrons. The molecule has 0 saturated carbocycles. The van der Waals surface area contributed by atoms with E-state index in [2.05, 4.69) is 27.0 Å². The molecule has 0 radical (unpaired) electrons. The van der Waals surface area contributed by atoms with Gasteiger partial charge in [-0.1, -0.05) is 18.2 Å². The van der Waals surface area contributed by atoms with Crippen LogP contribution in [0.2, 0.25) is 0 Å². The van der Waals surface area contributed by atoms with Gasteiger partial charge in [-0.25, -0.2) is 18.7 Å². The van der Waals surface area contributed by atoms with Gasteiger partial charge in [0, 0.05) is 66.2 Å². The number of ether oxygens (including phenoxy) is 2.